The van der Waals surface area contributed by atoms with Crippen LogP contribution in [-0.4, -0.2) is 98.1 Å². The maximum Gasteiger partial charge on any atom is 2.00 e. The zero-order valence-corrected chi connectivity index (χ0v) is 31.0. The first-order valence-corrected chi connectivity index (χ1v) is 13.2. The molecule has 0 aromatic carbocycles. The Labute approximate surface area is 283 Å². The van der Waals surface area contributed by atoms with Crippen LogP contribution in [0.25, 0.3) is 0 Å². The Morgan fingerprint density at radius 2 is 1.10 bits per heavy atom. The summed E-state index contributed by atoms with van der Waals surface area (Å²) in [5.74, 6) is -0.632. The molecule has 11 nitrogen and oxygen atoms in total. The predicted octanol–water partition coefficient (Wildman–Crippen LogP) is 4.12. The van der Waals surface area contributed by atoms with Gasteiger partial charge in [0.2, 0.25) is 0 Å². The van der Waals surface area contributed by atoms with E-state index in [1.54, 1.807) is 33.7 Å². The van der Waals surface area contributed by atoms with Gasteiger partial charge in [-0.25, -0.2) is 4.79 Å². The van der Waals surface area contributed by atoms with Crippen LogP contribution < -0.4 is 5.32 Å². The van der Waals surface area contributed by atoms with Crippen molar-refractivity contribution in [2.24, 2.45) is 17.8 Å². The van der Waals surface area contributed by atoms with Gasteiger partial charge in [-0.05, 0) is 70.0 Å². The van der Waals surface area contributed by atoms with Crippen LogP contribution in [0.4, 0.5) is 4.79 Å². The van der Waals surface area contributed by atoms with E-state index in [0.717, 1.165) is 38.6 Å². The number of ketones is 2. The number of rotatable bonds is 18. The third kappa shape index (κ3) is 45.8. The molecule has 0 saturated carbocycles. The number of carbonyl (C=O) groups excluding carboxylic acids is 4. The Kier molecular flexibility index (Phi) is 56.4. The SMILES string of the molecule is CCCC(CN(C)[C-]=O)C(=O)O.CCCC(CN(C)[C-]=O)C(C)=O.CCCC(CNC)C(C)=O.[3H]PC(=O)O.[CH3-].[CH3-].[V+2].[V+2]. The molecule has 4 unspecified atom stereocenters. The fourth-order valence-electron chi connectivity index (χ4n) is 3.19. The van der Waals surface area contributed by atoms with Crippen molar-refractivity contribution in [2.75, 3.05) is 40.8 Å². The molecule has 0 rings (SSSR count). The molecule has 0 heterocycles. The molecule has 2 amide bonds. The summed E-state index contributed by atoms with van der Waals surface area (Å²) in [5.41, 5.74) is -1.05. The zero-order chi connectivity index (χ0) is 31.4. The largest absolute Gasteiger partial charge is 2.00 e. The summed E-state index contributed by atoms with van der Waals surface area (Å²) in [7, 11) is 4.33. The molecule has 246 valence electrons. The van der Waals surface area contributed by atoms with Gasteiger partial charge in [-0.1, -0.05) is 40.0 Å². The fraction of sp³-hybridized carbons (Fsp3) is 0.714. The normalized spacial score (nSPS) is 11.3. The minimum Gasteiger partial charge on any atom is -0.520 e. The summed E-state index contributed by atoms with van der Waals surface area (Å²) in [6.07, 6.45) is 8.69. The summed E-state index contributed by atoms with van der Waals surface area (Å²) in [6.45, 7) is 10.8. The second kappa shape index (κ2) is 41.9. The average molecular weight is 698 g/mol. The quantitative estimate of drug-likeness (QED) is 0.109. The van der Waals surface area contributed by atoms with E-state index in [4.69, 9.17) is 11.5 Å². The van der Waals surface area contributed by atoms with E-state index >= 15 is 0 Å². The van der Waals surface area contributed by atoms with E-state index in [-0.39, 0.29) is 76.1 Å². The van der Waals surface area contributed by atoms with Gasteiger partial charge in [-0.15, -0.1) is 0 Å². The molecular weight excluding hydrogens is 639 g/mol. The Bertz CT molecular complexity index is 656. The van der Waals surface area contributed by atoms with Gasteiger partial charge < -0.3 is 49.8 Å². The first-order valence-electron chi connectivity index (χ1n) is 13.2. The molecule has 14 heteroatoms. The van der Waals surface area contributed by atoms with Gasteiger partial charge >= 0.3 is 48.8 Å². The van der Waals surface area contributed by atoms with Crippen molar-refractivity contribution in [2.45, 2.75) is 73.1 Å². The molecular formula is C28H56N3O8PV2. The van der Waals surface area contributed by atoms with Crippen molar-refractivity contribution in [1.82, 2.24) is 15.1 Å². The summed E-state index contributed by atoms with van der Waals surface area (Å²) < 4.78 is 6.09. The maximum absolute atomic E-state index is 11.0. The van der Waals surface area contributed by atoms with Crippen LogP contribution in [0, 0.1) is 32.6 Å². The molecule has 0 aliphatic heterocycles. The molecule has 4 atom stereocenters. The van der Waals surface area contributed by atoms with Crippen LogP contribution in [-0.2, 0) is 61.1 Å². The number of carboxylic acid groups (broad SMARTS) is 2. The minimum atomic E-state index is -1.05. The van der Waals surface area contributed by atoms with Crippen molar-refractivity contribution < 1.29 is 76.1 Å². The van der Waals surface area contributed by atoms with Crippen molar-refractivity contribution in [3.05, 3.63) is 14.9 Å². The van der Waals surface area contributed by atoms with Gasteiger partial charge in [0.15, 0.2) is 0 Å². The number of aliphatic carboxylic acids is 1. The van der Waals surface area contributed by atoms with E-state index in [1.165, 1.54) is 16.8 Å². The molecule has 0 aliphatic carbocycles. The first-order chi connectivity index (χ1) is 18.2. The van der Waals surface area contributed by atoms with Gasteiger partial charge in [-0.3, -0.25) is 14.4 Å². The van der Waals surface area contributed by atoms with Crippen LogP contribution in [0.3, 0.4) is 0 Å². The van der Waals surface area contributed by atoms with Gasteiger partial charge in [0.05, 0.1) is 7.20 Å². The first kappa shape index (κ1) is 56.6. The van der Waals surface area contributed by atoms with E-state index in [1.807, 2.05) is 20.9 Å². The molecule has 0 saturated heterocycles. The Balaban J connectivity index is -0.0000000634. The van der Waals surface area contributed by atoms with E-state index < -0.39 is 26.8 Å². The second-order valence-corrected chi connectivity index (χ2v) is 9.25. The van der Waals surface area contributed by atoms with Crippen LogP contribution in [0.5, 0.6) is 0 Å². The number of carboxylic acids is 1. The molecule has 0 bridgehead atoms. The number of Topliss-reactive ketones (excluding diaryl/α,β-unsaturated/α-hetero) is 2. The number of amides is 2. The zero-order valence-electron chi connectivity index (χ0n) is 28.2. The number of nitrogens with one attached hydrogen (secondary N) is 1. The Morgan fingerprint density at radius 3 is 1.33 bits per heavy atom. The van der Waals surface area contributed by atoms with Crippen molar-refractivity contribution >= 4 is 45.3 Å². The standard InChI is InChI=1S/C9H16NO2.C8H14NO3.C8H17NO.CH3O2P.2CH3.2V/c1-4-5-9(8(2)12)6-10(3)7-11;1-3-4-7(8(11)12)5-9(2)6-10;1-4-5-8(6-9-3)7(2)10;2-1(3)4;;;;/h9H,4-6H2,1-3H3;7H,3-5H2,1-2H3,(H,11,12);8-9H,4-6H2,1-3H3;4H2,(H,2,3);2*1H3;;/q2*-1;;;2*-1;2*+2/i;;;4T;;;;. The number of nitrogens with zero attached hydrogens (tertiary/aromatic N) is 2. The molecule has 2 radical (unpaired) electrons. The predicted molar refractivity (Wildman–Crippen MR) is 165 cm³/mol. The topological polar surface area (TPSA) is 161 Å². The molecule has 0 aromatic heterocycles. The van der Waals surface area contributed by atoms with Crippen LogP contribution >= 0.6 is 9.18 Å². The van der Waals surface area contributed by atoms with E-state index in [0.29, 0.717) is 18.7 Å². The van der Waals surface area contributed by atoms with Gasteiger partial charge in [0.1, 0.15) is 11.6 Å². The van der Waals surface area contributed by atoms with Gasteiger partial charge in [0, 0.05) is 24.9 Å². The molecule has 0 aromatic rings. The monoisotopic (exact) mass is 697 g/mol. The maximum atomic E-state index is 11.0. The Morgan fingerprint density at radius 1 is 0.786 bits per heavy atom. The molecule has 0 aliphatic rings. The third-order valence-electron chi connectivity index (χ3n) is 5.16. The smallest absolute Gasteiger partial charge is 0.520 e. The van der Waals surface area contributed by atoms with Crippen molar-refractivity contribution in [3.63, 3.8) is 0 Å². The van der Waals surface area contributed by atoms with Crippen LogP contribution in [0.2, 0.25) is 0 Å². The van der Waals surface area contributed by atoms with Gasteiger partial charge in [-0.2, -0.15) is 12.8 Å². The molecule has 3 N–H and O–H groups in total. The van der Waals surface area contributed by atoms with Crippen LogP contribution in [0.1, 0.15) is 73.1 Å². The summed E-state index contributed by atoms with van der Waals surface area (Å²) in [6, 6.07) is 0. The van der Waals surface area contributed by atoms with E-state index in [9.17, 15) is 28.8 Å². The van der Waals surface area contributed by atoms with E-state index in [2.05, 4.69) is 12.2 Å². The second-order valence-electron chi connectivity index (χ2n) is 8.82. The molecule has 42 heavy (non-hydrogen) atoms. The summed E-state index contributed by atoms with van der Waals surface area (Å²) >= 11 is 0. The van der Waals surface area contributed by atoms with Crippen molar-refractivity contribution in [1.29, 1.82) is 1.28 Å². The number of hydrogen-bond donors (Lipinski definition) is 3. The fourth-order valence-corrected chi connectivity index (χ4v) is 3.19. The molecule has 0 spiro atoms. The van der Waals surface area contributed by atoms with Crippen molar-refractivity contribution in [3.8, 4) is 0 Å². The Hall–Kier alpha value is -1.22. The average Bonchev–Trinajstić information content (AvgIpc) is 2.88. The van der Waals surface area contributed by atoms with Gasteiger partial charge in [0.25, 0.3) is 0 Å². The number of hydrogen-bond acceptors (Lipinski definition) is 7. The minimum absolute atomic E-state index is 0. The molecule has 0 fully saturated rings. The van der Waals surface area contributed by atoms with Crippen LogP contribution in [0.15, 0.2) is 0 Å². The number of carbonyl (C=O) groups is 4. The third-order valence-corrected chi connectivity index (χ3v) is 5.16. The summed E-state index contributed by atoms with van der Waals surface area (Å²) in [4.78, 5) is 64.5. The summed E-state index contributed by atoms with van der Waals surface area (Å²) in [5, 5.41) is 19.3.